The highest BCUT2D eigenvalue weighted by Crippen LogP contribution is 2.44. The first-order valence-electron chi connectivity index (χ1n) is 4.23. The quantitative estimate of drug-likeness (QED) is 0.830. The maximum absolute atomic E-state index is 13.0. The maximum Gasteiger partial charge on any atom is 0.455 e. The molecule has 1 aromatic carbocycles. The Morgan fingerprint density at radius 2 is 1.33 bits per heavy atom. The van der Waals surface area contributed by atoms with Crippen LogP contribution in [0.15, 0.2) is 18.2 Å². The molecule has 1 aromatic rings. The van der Waals surface area contributed by atoms with Crippen LogP contribution in [0.1, 0.15) is 11.6 Å². The summed E-state index contributed by atoms with van der Waals surface area (Å²) in [5.74, 6) is -8.53. The van der Waals surface area contributed by atoms with Gasteiger partial charge in [0, 0.05) is 5.56 Å². The Morgan fingerprint density at radius 1 is 0.944 bits per heavy atom. The molecule has 0 aromatic heterocycles. The highest BCUT2D eigenvalue weighted by atomic mass is 35.5. The van der Waals surface area contributed by atoms with Crippen molar-refractivity contribution in [2.45, 2.75) is 18.1 Å². The van der Waals surface area contributed by atoms with Crippen LogP contribution in [0.2, 0.25) is 0 Å². The van der Waals surface area contributed by atoms with E-state index >= 15 is 0 Å². The van der Waals surface area contributed by atoms with E-state index in [1.165, 1.54) is 0 Å². The van der Waals surface area contributed by atoms with Crippen molar-refractivity contribution in [2.75, 3.05) is 0 Å². The molecule has 0 saturated heterocycles. The summed E-state index contributed by atoms with van der Waals surface area (Å²) in [7, 11) is 0. The molecule has 0 aliphatic heterocycles. The van der Waals surface area contributed by atoms with Crippen LogP contribution in [0.25, 0.3) is 0 Å². The fraction of sp³-hybridized carbons (Fsp3) is 0.333. The normalized spacial score (nSPS) is 14.0. The molecule has 0 fully saturated rings. The van der Waals surface area contributed by atoms with Gasteiger partial charge in [0.25, 0.3) is 0 Å². The highest BCUT2D eigenvalue weighted by Gasteiger charge is 2.62. The predicted molar refractivity (Wildman–Crippen MR) is 51.5 cm³/mol. The van der Waals surface area contributed by atoms with Crippen molar-refractivity contribution in [2.24, 2.45) is 5.73 Å². The van der Waals surface area contributed by atoms with Crippen LogP contribution < -0.4 is 5.73 Å². The lowest BCUT2D eigenvalue weighted by molar-refractivity contribution is -0.291. The molecule has 9 heteroatoms. The molecule has 18 heavy (non-hydrogen) atoms. The molecule has 0 aliphatic carbocycles. The second-order valence-corrected chi connectivity index (χ2v) is 3.23. The molecule has 1 nitrogen and oxygen atoms in total. The van der Waals surface area contributed by atoms with Gasteiger partial charge in [0.2, 0.25) is 0 Å². The van der Waals surface area contributed by atoms with Gasteiger partial charge in [-0.3, -0.25) is 0 Å². The Balaban J connectivity index is 0.00000289. The third kappa shape index (κ3) is 2.86. The summed E-state index contributed by atoms with van der Waals surface area (Å²) < 4.78 is 87.4. The van der Waals surface area contributed by atoms with Crippen molar-refractivity contribution in [1.29, 1.82) is 0 Å². The lowest BCUT2D eigenvalue weighted by atomic mass is 10.00. The second kappa shape index (κ2) is 5.31. The molecule has 1 atom stereocenters. The minimum absolute atomic E-state index is 0. The molecule has 0 saturated carbocycles. The third-order valence-corrected chi connectivity index (χ3v) is 2.08. The number of nitrogens with two attached hydrogens (primary N) is 1. The number of hydrogen-bond acceptors (Lipinski definition) is 1. The first kappa shape index (κ1) is 17.0. The topological polar surface area (TPSA) is 26.0 Å². The summed E-state index contributed by atoms with van der Waals surface area (Å²) in [5.41, 5.74) is 3.12. The smallest absolute Gasteiger partial charge is 0.319 e. The average Bonchev–Trinajstić information content (AvgIpc) is 2.15. The molecule has 0 radical (unpaired) electrons. The largest absolute Gasteiger partial charge is 0.455 e. The van der Waals surface area contributed by atoms with Gasteiger partial charge < -0.3 is 5.73 Å². The van der Waals surface area contributed by atoms with Crippen LogP contribution in [-0.2, 0) is 0 Å². The first-order valence-corrected chi connectivity index (χ1v) is 4.23. The first-order chi connectivity index (χ1) is 7.59. The number of halogens is 8. The van der Waals surface area contributed by atoms with E-state index in [-0.39, 0.29) is 12.4 Å². The fourth-order valence-corrected chi connectivity index (χ4v) is 1.17. The Kier molecular flexibility index (Phi) is 5.01. The van der Waals surface area contributed by atoms with E-state index < -0.39 is 35.3 Å². The predicted octanol–water partition coefficient (Wildman–Crippen LogP) is 3.58. The maximum atomic E-state index is 13.0. The lowest BCUT2D eigenvalue weighted by Gasteiger charge is -2.26. The number of rotatable bonds is 2. The number of alkyl halides is 5. The molecule has 0 unspecified atom stereocenters. The summed E-state index contributed by atoms with van der Waals surface area (Å²) >= 11 is 0. The van der Waals surface area contributed by atoms with Crippen LogP contribution in [-0.4, -0.2) is 12.1 Å². The van der Waals surface area contributed by atoms with E-state index in [1.54, 1.807) is 0 Å². The van der Waals surface area contributed by atoms with Crippen molar-refractivity contribution < 1.29 is 30.7 Å². The van der Waals surface area contributed by atoms with E-state index in [1.807, 2.05) is 0 Å². The van der Waals surface area contributed by atoms with Crippen molar-refractivity contribution in [1.82, 2.24) is 0 Å². The van der Waals surface area contributed by atoms with Crippen LogP contribution in [0, 0.1) is 11.6 Å². The van der Waals surface area contributed by atoms with E-state index in [9.17, 15) is 30.7 Å². The van der Waals surface area contributed by atoms with Crippen molar-refractivity contribution in [3.63, 3.8) is 0 Å². The standard InChI is InChI=1S/C9H6F7N.ClH/c10-4-2-1-3-5(11)6(4)7(17)8(12,13)9(14,15)16;/h1-3,7H,17H2;1H/t7-;/m1./s1. The summed E-state index contributed by atoms with van der Waals surface area (Å²) in [6, 6.07) is -1.22. The van der Waals surface area contributed by atoms with Gasteiger partial charge >= 0.3 is 12.1 Å². The number of benzene rings is 1. The third-order valence-electron chi connectivity index (χ3n) is 2.08. The highest BCUT2D eigenvalue weighted by molar-refractivity contribution is 5.85. The molecular weight excluding hydrogens is 291 g/mol. The summed E-state index contributed by atoms with van der Waals surface area (Å²) in [6.07, 6.45) is -5.98. The molecule has 0 aliphatic rings. The van der Waals surface area contributed by atoms with E-state index in [0.717, 1.165) is 6.07 Å². The van der Waals surface area contributed by atoms with Crippen molar-refractivity contribution in [3.05, 3.63) is 35.4 Å². The Labute approximate surface area is 103 Å². The van der Waals surface area contributed by atoms with Gasteiger partial charge in [-0.1, -0.05) is 6.07 Å². The molecular formula is C9H7ClF7N. The Hall–Kier alpha value is -1.02. The number of hydrogen-bond donors (Lipinski definition) is 1. The lowest BCUT2D eigenvalue weighted by Crippen LogP contribution is -2.46. The molecule has 2 N–H and O–H groups in total. The van der Waals surface area contributed by atoms with Gasteiger partial charge in [-0.05, 0) is 12.1 Å². The van der Waals surface area contributed by atoms with Gasteiger partial charge in [-0.25, -0.2) is 8.78 Å². The molecule has 0 amide bonds. The van der Waals surface area contributed by atoms with Gasteiger partial charge in [-0.2, -0.15) is 22.0 Å². The Bertz CT molecular complexity index is 398. The van der Waals surface area contributed by atoms with Crippen LogP contribution in [0.3, 0.4) is 0 Å². The zero-order valence-electron chi connectivity index (χ0n) is 8.44. The SMILES string of the molecule is Cl.N[C@H](c1c(F)cccc1F)C(F)(F)C(F)(F)F. The Morgan fingerprint density at radius 3 is 1.67 bits per heavy atom. The summed E-state index contributed by atoms with van der Waals surface area (Å²) in [4.78, 5) is 0. The molecule has 0 bridgehead atoms. The van der Waals surface area contributed by atoms with Crippen LogP contribution in [0.5, 0.6) is 0 Å². The average molecular weight is 298 g/mol. The molecule has 104 valence electrons. The van der Waals surface area contributed by atoms with E-state index in [2.05, 4.69) is 5.73 Å². The minimum Gasteiger partial charge on any atom is -0.319 e. The summed E-state index contributed by atoms with van der Waals surface area (Å²) in [6.45, 7) is 0. The minimum atomic E-state index is -5.98. The fourth-order valence-electron chi connectivity index (χ4n) is 1.17. The summed E-state index contributed by atoms with van der Waals surface area (Å²) in [5, 5.41) is 0. The van der Waals surface area contributed by atoms with Gasteiger partial charge in [0.1, 0.15) is 17.7 Å². The molecule has 0 heterocycles. The van der Waals surface area contributed by atoms with Gasteiger partial charge in [0.15, 0.2) is 0 Å². The van der Waals surface area contributed by atoms with Gasteiger partial charge in [-0.15, -0.1) is 12.4 Å². The van der Waals surface area contributed by atoms with E-state index in [4.69, 9.17) is 0 Å². The zero-order chi connectivity index (χ0) is 13.4. The van der Waals surface area contributed by atoms with Crippen molar-refractivity contribution >= 4 is 12.4 Å². The monoisotopic (exact) mass is 297 g/mol. The molecule has 0 spiro atoms. The van der Waals surface area contributed by atoms with Crippen LogP contribution in [0.4, 0.5) is 30.7 Å². The van der Waals surface area contributed by atoms with Crippen LogP contribution >= 0.6 is 12.4 Å². The van der Waals surface area contributed by atoms with Crippen molar-refractivity contribution in [3.8, 4) is 0 Å². The van der Waals surface area contributed by atoms with E-state index in [0.29, 0.717) is 12.1 Å². The molecule has 1 rings (SSSR count). The van der Waals surface area contributed by atoms with Gasteiger partial charge in [0.05, 0.1) is 0 Å². The second-order valence-electron chi connectivity index (χ2n) is 3.23. The zero-order valence-corrected chi connectivity index (χ0v) is 9.26.